The fourth-order valence-corrected chi connectivity index (χ4v) is 3.79. The van der Waals surface area contributed by atoms with Crippen molar-refractivity contribution >= 4 is 23.4 Å². The van der Waals surface area contributed by atoms with Crippen LogP contribution in [0.4, 0.5) is 20.6 Å². The molecule has 0 aliphatic heterocycles. The summed E-state index contributed by atoms with van der Waals surface area (Å²) in [4.78, 5) is 36.2. The number of halogens is 1. The van der Waals surface area contributed by atoms with Crippen molar-refractivity contribution in [2.24, 2.45) is 0 Å². The first kappa shape index (κ1) is 30.8. The van der Waals surface area contributed by atoms with Crippen molar-refractivity contribution in [3.05, 3.63) is 94.3 Å². The first-order valence-corrected chi connectivity index (χ1v) is 13.0. The van der Waals surface area contributed by atoms with E-state index in [4.69, 9.17) is 14.2 Å². The highest BCUT2D eigenvalue weighted by molar-refractivity contribution is 5.89. The molecule has 218 valence electrons. The number of anilines is 1. The molecule has 1 unspecified atom stereocenters. The van der Waals surface area contributed by atoms with Gasteiger partial charge < -0.3 is 29.5 Å². The SMILES string of the molecule is CCOC(Cc1ccc(OCCN(CCCOc2ccc(F)cc2)C(=O)Nc2ccc([N+](=O)[O-])cc2)cc1)C(=O)O. The van der Waals surface area contributed by atoms with Gasteiger partial charge in [-0.1, -0.05) is 12.1 Å². The second-order valence-corrected chi connectivity index (χ2v) is 8.86. The van der Waals surface area contributed by atoms with Crippen molar-refractivity contribution in [1.82, 2.24) is 4.90 Å². The third-order valence-electron chi connectivity index (χ3n) is 5.89. The van der Waals surface area contributed by atoms with Gasteiger partial charge in [-0.05, 0) is 67.4 Å². The monoisotopic (exact) mass is 569 g/mol. The molecule has 0 aromatic heterocycles. The predicted molar refractivity (Wildman–Crippen MR) is 149 cm³/mol. The first-order valence-electron chi connectivity index (χ1n) is 13.0. The molecule has 2 N–H and O–H groups in total. The Hall–Kier alpha value is -4.71. The lowest BCUT2D eigenvalue weighted by Gasteiger charge is -2.23. The predicted octanol–water partition coefficient (Wildman–Crippen LogP) is 5.15. The van der Waals surface area contributed by atoms with E-state index in [2.05, 4.69) is 5.32 Å². The Labute approximate surface area is 236 Å². The Morgan fingerprint density at radius 3 is 2.15 bits per heavy atom. The average molecular weight is 570 g/mol. The lowest BCUT2D eigenvalue weighted by atomic mass is 10.1. The normalized spacial score (nSPS) is 11.4. The zero-order chi connectivity index (χ0) is 29.6. The summed E-state index contributed by atoms with van der Waals surface area (Å²) in [6.45, 7) is 3.03. The minimum atomic E-state index is -1.03. The Bertz CT molecular complexity index is 1270. The van der Waals surface area contributed by atoms with E-state index in [1.54, 1.807) is 31.2 Å². The first-order chi connectivity index (χ1) is 19.7. The van der Waals surface area contributed by atoms with Crippen molar-refractivity contribution in [2.75, 3.05) is 38.2 Å². The van der Waals surface area contributed by atoms with Gasteiger partial charge in [-0.25, -0.2) is 14.0 Å². The summed E-state index contributed by atoms with van der Waals surface area (Å²) in [5, 5.41) is 22.9. The van der Waals surface area contributed by atoms with Crippen molar-refractivity contribution in [1.29, 1.82) is 0 Å². The molecule has 12 heteroatoms. The molecule has 11 nitrogen and oxygen atoms in total. The summed E-state index contributed by atoms with van der Waals surface area (Å²) < 4.78 is 29.8. The van der Waals surface area contributed by atoms with Gasteiger partial charge in [-0.15, -0.1) is 0 Å². The van der Waals surface area contributed by atoms with Gasteiger partial charge in [0.1, 0.15) is 23.9 Å². The molecular weight excluding hydrogens is 537 g/mol. The van der Waals surface area contributed by atoms with Crippen LogP contribution in [0.15, 0.2) is 72.8 Å². The number of benzene rings is 3. The van der Waals surface area contributed by atoms with Crippen LogP contribution in [0.2, 0.25) is 0 Å². The van der Waals surface area contributed by atoms with E-state index in [1.807, 2.05) is 0 Å². The van der Waals surface area contributed by atoms with Gasteiger partial charge in [-0.2, -0.15) is 0 Å². The summed E-state index contributed by atoms with van der Waals surface area (Å²) in [6.07, 6.45) is -0.230. The lowest BCUT2D eigenvalue weighted by Crippen LogP contribution is -2.39. The van der Waals surface area contributed by atoms with Crippen molar-refractivity contribution < 1.29 is 38.2 Å². The number of nitrogens with one attached hydrogen (secondary N) is 1. The number of amides is 2. The highest BCUT2D eigenvalue weighted by Gasteiger charge is 2.18. The van der Waals surface area contributed by atoms with Crippen LogP contribution in [-0.2, 0) is 16.0 Å². The fourth-order valence-electron chi connectivity index (χ4n) is 3.79. The van der Waals surface area contributed by atoms with Crippen LogP contribution in [0, 0.1) is 15.9 Å². The third kappa shape index (κ3) is 10.4. The molecule has 0 heterocycles. The number of aliphatic carboxylic acids is 1. The maximum absolute atomic E-state index is 13.1. The van der Waals surface area contributed by atoms with E-state index >= 15 is 0 Å². The van der Waals surface area contributed by atoms with Crippen molar-refractivity contribution in [2.45, 2.75) is 25.9 Å². The molecule has 41 heavy (non-hydrogen) atoms. The molecule has 0 radical (unpaired) electrons. The van der Waals surface area contributed by atoms with Crippen molar-refractivity contribution in [3.63, 3.8) is 0 Å². The molecule has 0 bridgehead atoms. The van der Waals surface area contributed by atoms with E-state index in [-0.39, 0.29) is 37.7 Å². The maximum Gasteiger partial charge on any atom is 0.333 e. The lowest BCUT2D eigenvalue weighted by molar-refractivity contribution is -0.384. The fraction of sp³-hybridized carbons (Fsp3) is 0.310. The number of nitro benzene ring substituents is 1. The van der Waals surface area contributed by atoms with Crippen LogP contribution in [0.3, 0.4) is 0 Å². The zero-order valence-electron chi connectivity index (χ0n) is 22.5. The van der Waals surface area contributed by atoms with Crippen LogP contribution in [-0.4, -0.2) is 65.9 Å². The van der Waals surface area contributed by atoms with Crippen molar-refractivity contribution in [3.8, 4) is 11.5 Å². The largest absolute Gasteiger partial charge is 0.494 e. The molecule has 0 aliphatic rings. The highest BCUT2D eigenvalue weighted by atomic mass is 19.1. The third-order valence-corrected chi connectivity index (χ3v) is 5.89. The van der Waals surface area contributed by atoms with Gasteiger partial charge in [0.15, 0.2) is 6.10 Å². The second kappa shape index (κ2) is 15.8. The molecule has 3 rings (SSSR count). The number of hydrogen-bond acceptors (Lipinski definition) is 7. The summed E-state index contributed by atoms with van der Waals surface area (Å²) in [5.74, 6) is -0.332. The topological polar surface area (TPSA) is 140 Å². The number of nitro groups is 1. The van der Waals surface area contributed by atoms with Crippen LogP contribution >= 0.6 is 0 Å². The number of carboxylic acid groups (broad SMARTS) is 1. The van der Waals surface area contributed by atoms with Gasteiger partial charge in [0.05, 0.1) is 18.1 Å². The number of urea groups is 1. The minimum absolute atomic E-state index is 0.0893. The summed E-state index contributed by atoms with van der Waals surface area (Å²) in [6, 6.07) is 17.7. The number of carboxylic acids is 1. The molecule has 1 atom stereocenters. The van der Waals surface area contributed by atoms with E-state index < -0.39 is 23.0 Å². The van der Waals surface area contributed by atoms with Gasteiger partial charge in [-0.3, -0.25) is 10.1 Å². The van der Waals surface area contributed by atoms with Crippen LogP contribution in [0.25, 0.3) is 0 Å². The minimum Gasteiger partial charge on any atom is -0.494 e. The van der Waals surface area contributed by atoms with Crippen LogP contribution in [0.1, 0.15) is 18.9 Å². The van der Waals surface area contributed by atoms with Gasteiger partial charge in [0.2, 0.25) is 0 Å². The van der Waals surface area contributed by atoms with Gasteiger partial charge in [0, 0.05) is 37.4 Å². The molecule has 3 aromatic rings. The Morgan fingerprint density at radius 1 is 0.951 bits per heavy atom. The number of hydrogen-bond donors (Lipinski definition) is 2. The molecule has 0 saturated carbocycles. The molecular formula is C29H32FN3O8. The van der Waals surface area contributed by atoms with Gasteiger partial charge in [0.25, 0.3) is 5.69 Å². The van der Waals surface area contributed by atoms with E-state index in [0.29, 0.717) is 36.8 Å². The number of nitrogens with zero attached hydrogens (tertiary/aromatic N) is 2. The quantitative estimate of drug-likeness (QED) is 0.137. The second-order valence-electron chi connectivity index (χ2n) is 8.86. The maximum atomic E-state index is 13.1. The van der Waals surface area contributed by atoms with E-state index in [0.717, 1.165) is 5.56 Å². The molecule has 0 saturated heterocycles. The Morgan fingerprint density at radius 2 is 1.56 bits per heavy atom. The van der Waals surface area contributed by atoms with Crippen LogP contribution in [0.5, 0.6) is 11.5 Å². The van der Waals surface area contributed by atoms with Gasteiger partial charge >= 0.3 is 12.0 Å². The molecule has 2 amide bonds. The van der Waals surface area contributed by atoms with E-state index in [1.165, 1.54) is 53.4 Å². The number of non-ortho nitro benzene ring substituents is 1. The Kier molecular flexibility index (Phi) is 11.9. The summed E-state index contributed by atoms with van der Waals surface area (Å²) in [5.41, 5.74) is 1.09. The Balaban J connectivity index is 1.56. The van der Waals surface area contributed by atoms with Crippen LogP contribution < -0.4 is 14.8 Å². The number of carbonyl (C=O) groups excluding carboxylic acids is 1. The molecule has 0 spiro atoms. The smallest absolute Gasteiger partial charge is 0.333 e. The summed E-state index contributed by atoms with van der Waals surface area (Å²) >= 11 is 0. The number of carbonyl (C=O) groups is 2. The zero-order valence-corrected chi connectivity index (χ0v) is 22.5. The average Bonchev–Trinajstić information content (AvgIpc) is 2.96. The standard InChI is InChI=1S/C29H32FN3O8/c1-2-39-27(28(34)35)20-21-4-12-25(13-5-21)41-19-17-32(16-3-18-40-26-14-6-22(30)7-15-26)29(36)31-23-8-10-24(11-9-23)33(37)38/h4-15,27H,2-3,16-20H2,1H3,(H,31,36)(H,34,35). The molecule has 3 aromatic carbocycles. The molecule has 0 fully saturated rings. The molecule has 0 aliphatic carbocycles. The number of rotatable bonds is 16. The van der Waals surface area contributed by atoms with E-state index in [9.17, 15) is 29.2 Å². The summed E-state index contributed by atoms with van der Waals surface area (Å²) in [7, 11) is 0. The number of ether oxygens (including phenoxy) is 3. The highest BCUT2D eigenvalue weighted by Crippen LogP contribution is 2.17.